The largest absolute Gasteiger partial charge is 0.314 e. The lowest BCUT2D eigenvalue weighted by Crippen LogP contribution is -2.33. The van der Waals surface area contributed by atoms with Gasteiger partial charge in [-0.05, 0) is 70.3 Å². The molecule has 0 aromatic carbocycles. The molecule has 1 N–H and O–H groups in total. The highest BCUT2D eigenvalue weighted by Gasteiger charge is 2.23. The summed E-state index contributed by atoms with van der Waals surface area (Å²) < 4.78 is 0. The summed E-state index contributed by atoms with van der Waals surface area (Å²) in [6, 6.07) is 0.593. The van der Waals surface area contributed by atoms with Gasteiger partial charge in [-0.15, -0.1) is 6.58 Å². The fourth-order valence-electron chi connectivity index (χ4n) is 3.02. The van der Waals surface area contributed by atoms with Gasteiger partial charge in [0.25, 0.3) is 0 Å². The lowest BCUT2D eigenvalue weighted by atomic mass is 9.77. The second-order valence-corrected chi connectivity index (χ2v) is 7.20. The van der Waals surface area contributed by atoms with Crippen LogP contribution in [-0.2, 0) is 0 Å². The van der Waals surface area contributed by atoms with Gasteiger partial charge >= 0.3 is 0 Å². The van der Waals surface area contributed by atoms with E-state index < -0.39 is 0 Å². The Morgan fingerprint density at radius 1 is 1.10 bits per heavy atom. The number of rotatable bonds is 6. The van der Waals surface area contributed by atoms with Gasteiger partial charge in [0, 0.05) is 6.04 Å². The average Bonchev–Trinajstić information content (AvgIpc) is 2.37. The summed E-state index contributed by atoms with van der Waals surface area (Å²) in [5.74, 6) is 2.78. The first-order valence-electron chi connectivity index (χ1n) is 8.78. The van der Waals surface area contributed by atoms with Crippen LogP contribution < -0.4 is 5.32 Å². The molecule has 0 amide bonds. The zero-order valence-corrected chi connectivity index (χ0v) is 15.0. The number of hydrogen-bond acceptors (Lipinski definition) is 1. The Labute approximate surface area is 136 Å². The van der Waals surface area contributed by atoms with Crippen molar-refractivity contribution in [3.05, 3.63) is 12.2 Å². The summed E-state index contributed by atoms with van der Waals surface area (Å²) in [4.78, 5) is 0. The van der Waals surface area contributed by atoms with Crippen LogP contribution in [-0.4, -0.2) is 12.6 Å². The minimum absolute atomic E-state index is 0. The minimum Gasteiger partial charge on any atom is -0.314 e. The predicted octanol–water partition coefficient (Wildman–Crippen LogP) is 6.45. The average molecular weight is 298 g/mol. The third-order valence-corrected chi connectivity index (χ3v) is 4.24. The van der Waals surface area contributed by atoms with Crippen molar-refractivity contribution in [1.29, 1.82) is 0 Å². The van der Waals surface area contributed by atoms with Crippen LogP contribution >= 0.6 is 0 Å². The van der Waals surface area contributed by atoms with E-state index in [4.69, 9.17) is 0 Å². The van der Waals surface area contributed by atoms with Crippen LogP contribution in [0.1, 0.15) is 87.5 Å². The lowest BCUT2D eigenvalue weighted by Gasteiger charge is -2.31. The Kier molecular flexibility index (Phi) is 14.6. The van der Waals surface area contributed by atoms with Crippen molar-refractivity contribution < 1.29 is 0 Å². The Hall–Kier alpha value is -0.300. The fraction of sp³-hybridized carbons (Fsp3) is 0.900. The van der Waals surface area contributed by atoms with Crippen LogP contribution in [0.5, 0.6) is 0 Å². The quantitative estimate of drug-likeness (QED) is 0.556. The third-order valence-electron chi connectivity index (χ3n) is 4.24. The number of nitrogens with one attached hydrogen (secondary N) is 1. The van der Waals surface area contributed by atoms with Crippen LogP contribution in [0.15, 0.2) is 12.2 Å². The van der Waals surface area contributed by atoms with Gasteiger partial charge in [0.1, 0.15) is 0 Å². The van der Waals surface area contributed by atoms with E-state index in [0.29, 0.717) is 6.04 Å². The second kappa shape index (κ2) is 13.4. The highest BCUT2D eigenvalue weighted by atomic mass is 14.9. The van der Waals surface area contributed by atoms with Crippen LogP contribution in [0.3, 0.4) is 0 Å². The maximum absolute atomic E-state index is 3.98. The third kappa shape index (κ3) is 12.0. The van der Waals surface area contributed by atoms with Crippen molar-refractivity contribution in [1.82, 2.24) is 5.32 Å². The first-order valence-corrected chi connectivity index (χ1v) is 8.78. The molecule has 0 saturated heterocycles. The van der Waals surface area contributed by atoms with Crippen LogP contribution in [0.2, 0.25) is 0 Å². The Bertz CT molecular complexity index is 236. The van der Waals surface area contributed by atoms with E-state index in [1.807, 2.05) is 0 Å². The molecule has 0 bridgehead atoms. The van der Waals surface area contributed by atoms with E-state index in [2.05, 4.69) is 53.4 Å². The van der Waals surface area contributed by atoms with Gasteiger partial charge < -0.3 is 5.32 Å². The highest BCUT2D eigenvalue weighted by Crippen LogP contribution is 2.32. The summed E-state index contributed by atoms with van der Waals surface area (Å²) in [7, 11) is 0. The van der Waals surface area contributed by atoms with Gasteiger partial charge in [-0.25, -0.2) is 0 Å². The molecular weight excluding hydrogens is 254 g/mol. The van der Waals surface area contributed by atoms with Crippen LogP contribution in [0, 0.1) is 17.8 Å². The van der Waals surface area contributed by atoms with Crippen molar-refractivity contribution in [2.45, 2.75) is 93.5 Å². The molecule has 1 unspecified atom stereocenters. The zero-order chi connectivity index (χ0) is 15.5. The Morgan fingerprint density at radius 3 is 1.95 bits per heavy atom. The topological polar surface area (TPSA) is 12.0 Å². The van der Waals surface area contributed by atoms with Crippen molar-refractivity contribution in [2.24, 2.45) is 17.8 Å². The molecule has 0 aliphatic heterocycles. The van der Waals surface area contributed by atoms with E-state index in [0.717, 1.165) is 24.2 Å². The summed E-state index contributed by atoms with van der Waals surface area (Å²) in [6.07, 6.45) is 8.10. The molecular formula is C20H43N. The van der Waals surface area contributed by atoms with E-state index >= 15 is 0 Å². The number of hydrogen-bond donors (Lipinski definition) is 1. The van der Waals surface area contributed by atoms with Crippen LogP contribution in [0.4, 0.5) is 0 Å². The standard InChI is InChI=1S/C16H31N.C3H8.CH4/c1-12(2)10-14(5)17-11-15-6-8-16(9-7-15)13(3)4;1-3-2;/h13-17H,1,6-11H2,2-5H3;3H2,1-2H3;1H4. The van der Waals surface area contributed by atoms with Crippen molar-refractivity contribution in [2.75, 3.05) is 6.54 Å². The van der Waals surface area contributed by atoms with Crippen molar-refractivity contribution >= 4 is 0 Å². The predicted molar refractivity (Wildman–Crippen MR) is 99.9 cm³/mol. The molecule has 1 fully saturated rings. The SMILES string of the molecule is C.C=C(C)CC(C)NCC1CCC(C(C)C)CC1.CCC. The molecule has 1 aliphatic rings. The summed E-state index contributed by atoms with van der Waals surface area (Å²) in [6.45, 7) is 18.6. The Balaban J connectivity index is 0. The molecule has 0 aromatic rings. The van der Waals surface area contributed by atoms with E-state index in [1.54, 1.807) is 0 Å². The van der Waals surface area contributed by atoms with Crippen molar-refractivity contribution in [3.63, 3.8) is 0 Å². The molecule has 0 aromatic heterocycles. The molecule has 1 atom stereocenters. The lowest BCUT2D eigenvalue weighted by molar-refractivity contribution is 0.217. The summed E-state index contributed by atoms with van der Waals surface area (Å²) in [5, 5.41) is 3.67. The van der Waals surface area contributed by atoms with E-state index in [9.17, 15) is 0 Å². The summed E-state index contributed by atoms with van der Waals surface area (Å²) in [5.41, 5.74) is 1.29. The molecule has 1 saturated carbocycles. The van der Waals surface area contributed by atoms with Gasteiger partial charge in [-0.2, -0.15) is 0 Å². The Morgan fingerprint density at radius 2 is 1.57 bits per heavy atom. The molecule has 21 heavy (non-hydrogen) atoms. The fourth-order valence-corrected chi connectivity index (χ4v) is 3.02. The van der Waals surface area contributed by atoms with Crippen LogP contribution in [0.25, 0.3) is 0 Å². The van der Waals surface area contributed by atoms with E-state index in [1.165, 1.54) is 44.2 Å². The monoisotopic (exact) mass is 297 g/mol. The first kappa shape index (κ1) is 23.0. The summed E-state index contributed by atoms with van der Waals surface area (Å²) >= 11 is 0. The maximum atomic E-state index is 3.98. The normalized spacial score (nSPS) is 22.8. The molecule has 1 aliphatic carbocycles. The smallest absolute Gasteiger partial charge is 0.00758 e. The molecule has 128 valence electrons. The maximum Gasteiger partial charge on any atom is 0.00758 e. The van der Waals surface area contributed by atoms with Gasteiger partial charge in [-0.3, -0.25) is 0 Å². The first-order chi connectivity index (χ1) is 9.40. The van der Waals surface area contributed by atoms with Gasteiger partial charge in [-0.1, -0.05) is 47.1 Å². The molecule has 0 spiro atoms. The van der Waals surface area contributed by atoms with E-state index in [-0.39, 0.29) is 7.43 Å². The molecule has 0 radical (unpaired) electrons. The highest BCUT2D eigenvalue weighted by molar-refractivity contribution is 4.91. The minimum atomic E-state index is 0. The zero-order valence-electron chi connectivity index (χ0n) is 15.0. The van der Waals surface area contributed by atoms with Crippen molar-refractivity contribution in [3.8, 4) is 0 Å². The van der Waals surface area contributed by atoms with Gasteiger partial charge in [0.2, 0.25) is 0 Å². The molecule has 1 heteroatoms. The second-order valence-electron chi connectivity index (χ2n) is 7.20. The molecule has 1 rings (SSSR count). The molecule has 0 heterocycles. The molecule has 1 nitrogen and oxygen atoms in total. The van der Waals surface area contributed by atoms with Gasteiger partial charge in [0.05, 0.1) is 0 Å². The van der Waals surface area contributed by atoms with Gasteiger partial charge in [0.15, 0.2) is 0 Å².